The Morgan fingerprint density at radius 2 is 2.18 bits per heavy atom. The summed E-state index contributed by atoms with van der Waals surface area (Å²) in [4.78, 5) is 14.4. The highest BCUT2D eigenvalue weighted by Gasteiger charge is 2.41. The summed E-state index contributed by atoms with van der Waals surface area (Å²) in [5.41, 5.74) is 1.38. The number of ether oxygens (including phenoxy) is 1. The summed E-state index contributed by atoms with van der Waals surface area (Å²) >= 11 is 12.0. The molecule has 6 nitrogen and oxygen atoms in total. The Kier molecular flexibility index (Phi) is 3.32. The number of rotatable bonds is 1. The number of nitrogens with zero attached hydrogens (tertiary/aromatic N) is 4. The van der Waals surface area contributed by atoms with Gasteiger partial charge in [-0.05, 0) is 18.2 Å². The van der Waals surface area contributed by atoms with Gasteiger partial charge in [-0.15, -0.1) is 5.10 Å². The molecule has 0 N–H and O–H groups in total. The molecule has 2 aliphatic heterocycles. The first-order chi connectivity index (χ1) is 10.6. The van der Waals surface area contributed by atoms with Gasteiger partial charge in [0.2, 0.25) is 0 Å². The normalized spacial score (nSPS) is 23.3. The molecular formula is C14H12Cl2N4O2. The van der Waals surface area contributed by atoms with Gasteiger partial charge >= 0.3 is 0 Å². The van der Waals surface area contributed by atoms with Gasteiger partial charge in [-0.3, -0.25) is 4.79 Å². The fourth-order valence-corrected chi connectivity index (χ4v) is 3.48. The summed E-state index contributed by atoms with van der Waals surface area (Å²) in [5, 5.41) is 8.87. The van der Waals surface area contributed by atoms with Crippen molar-refractivity contribution in [2.45, 2.75) is 18.8 Å². The van der Waals surface area contributed by atoms with Crippen molar-refractivity contribution in [2.24, 2.45) is 0 Å². The molecule has 2 aliphatic rings. The third kappa shape index (κ3) is 2.18. The minimum atomic E-state index is -0.124. The van der Waals surface area contributed by atoms with Gasteiger partial charge in [0.05, 0.1) is 41.2 Å². The Morgan fingerprint density at radius 3 is 3.00 bits per heavy atom. The molecule has 0 saturated carbocycles. The third-order valence-corrected chi connectivity index (χ3v) is 4.64. The zero-order valence-electron chi connectivity index (χ0n) is 11.4. The van der Waals surface area contributed by atoms with Crippen molar-refractivity contribution >= 4 is 29.1 Å². The van der Waals surface area contributed by atoms with Crippen LogP contribution in [0.25, 0.3) is 0 Å². The average molecular weight is 339 g/mol. The van der Waals surface area contributed by atoms with Crippen LogP contribution in [0.15, 0.2) is 24.4 Å². The van der Waals surface area contributed by atoms with E-state index in [-0.39, 0.29) is 18.1 Å². The summed E-state index contributed by atoms with van der Waals surface area (Å²) in [7, 11) is 0. The Labute approximate surface area is 136 Å². The van der Waals surface area contributed by atoms with Gasteiger partial charge in [0, 0.05) is 18.1 Å². The first-order valence-electron chi connectivity index (χ1n) is 6.88. The van der Waals surface area contributed by atoms with Crippen LogP contribution >= 0.6 is 23.2 Å². The molecule has 0 spiro atoms. The van der Waals surface area contributed by atoms with Gasteiger partial charge in [-0.25, -0.2) is 4.68 Å². The maximum Gasteiger partial charge on any atom is 0.255 e. The van der Waals surface area contributed by atoms with Crippen LogP contribution in [0.5, 0.6) is 0 Å². The van der Waals surface area contributed by atoms with E-state index >= 15 is 0 Å². The number of carbonyl (C=O) groups excluding carboxylic acids is 1. The predicted molar refractivity (Wildman–Crippen MR) is 80.0 cm³/mol. The molecule has 0 bridgehead atoms. The van der Waals surface area contributed by atoms with E-state index in [1.165, 1.54) is 0 Å². The number of hydrogen-bond acceptors (Lipinski definition) is 4. The molecule has 2 atom stereocenters. The number of likely N-dealkylation sites (tertiary alicyclic amines) is 1. The highest BCUT2D eigenvalue weighted by Crippen LogP contribution is 2.32. The third-order valence-electron chi connectivity index (χ3n) is 4.09. The van der Waals surface area contributed by atoms with Crippen molar-refractivity contribution in [3.05, 3.63) is 45.7 Å². The molecule has 1 saturated heterocycles. The van der Waals surface area contributed by atoms with Crippen LogP contribution in [0.4, 0.5) is 0 Å². The number of halogens is 2. The fourth-order valence-electron chi connectivity index (χ4n) is 2.99. The van der Waals surface area contributed by atoms with Crippen LogP contribution < -0.4 is 0 Å². The Hall–Kier alpha value is -1.63. The lowest BCUT2D eigenvalue weighted by molar-refractivity contribution is -0.00488. The molecule has 1 aromatic heterocycles. The quantitative estimate of drug-likeness (QED) is 0.799. The predicted octanol–water partition coefficient (Wildman–Crippen LogP) is 2.18. The van der Waals surface area contributed by atoms with E-state index in [4.69, 9.17) is 27.9 Å². The molecule has 1 fully saturated rings. The first-order valence-corrected chi connectivity index (χ1v) is 7.64. The lowest BCUT2D eigenvalue weighted by atomic mass is 10.2. The summed E-state index contributed by atoms with van der Waals surface area (Å²) in [6, 6.07) is 4.89. The molecule has 0 aliphatic carbocycles. The van der Waals surface area contributed by atoms with Gasteiger partial charge in [-0.2, -0.15) is 0 Å². The lowest BCUT2D eigenvalue weighted by Crippen LogP contribution is -2.32. The number of benzene rings is 1. The molecule has 8 heteroatoms. The topological polar surface area (TPSA) is 60.3 Å². The van der Waals surface area contributed by atoms with Crippen LogP contribution in [0.3, 0.4) is 0 Å². The van der Waals surface area contributed by atoms with Gasteiger partial charge in [0.1, 0.15) is 0 Å². The second-order valence-corrected chi connectivity index (χ2v) is 6.26. The average Bonchev–Trinajstić information content (AvgIpc) is 3.12. The largest absolute Gasteiger partial charge is 0.368 e. The SMILES string of the molecule is O=C(c1ccc(Cl)cc1Cl)N1CC2OCc3cnnn3[C@@H]2C1. The molecular weight excluding hydrogens is 327 g/mol. The van der Waals surface area contributed by atoms with Crippen molar-refractivity contribution in [3.63, 3.8) is 0 Å². The van der Waals surface area contributed by atoms with Gasteiger partial charge in [0.25, 0.3) is 5.91 Å². The van der Waals surface area contributed by atoms with E-state index in [9.17, 15) is 4.79 Å². The lowest BCUT2D eigenvalue weighted by Gasteiger charge is -2.25. The van der Waals surface area contributed by atoms with Crippen molar-refractivity contribution < 1.29 is 9.53 Å². The summed E-state index contributed by atoms with van der Waals surface area (Å²) in [6.07, 6.45) is 1.63. The molecule has 22 heavy (non-hydrogen) atoms. The number of carbonyl (C=O) groups is 1. The van der Waals surface area contributed by atoms with Crippen molar-refractivity contribution in [1.29, 1.82) is 0 Å². The number of fused-ring (bicyclic) bond motifs is 3. The standard InChI is InChI=1S/C14H12Cl2N4O2/c15-8-1-2-10(11(16)3-8)14(21)19-5-12-13(6-19)22-7-9-4-17-18-20(9)12/h1-4,12-13H,5-7H2/t12-,13?/m1/s1. The first kappa shape index (κ1) is 14.0. The minimum Gasteiger partial charge on any atom is -0.368 e. The van der Waals surface area contributed by atoms with Gasteiger partial charge < -0.3 is 9.64 Å². The van der Waals surface area contributed by atoms with Crippen LogP contribution in [0.2, 0.25) is 10.0 Å². The second-order valence-electron chi connectivity index (χ2n) is 5.42. The smallest absolute Gasteiger partial charge is 0.255 e. The minimum absolute atomic E-state index is 0.00118. The number of aromatic nitrogens is 3. The molecule has 1 amide bonds. The van der Waals surface area contributed by atoms with Crippen LogP contribution in [0, 0.1) is 0 Å². The zero-order chi connectivity index (χ0) is 15.3. The molecule has 0 radical (unpaired) electrons. The van der Waals surface area contributed by atoms with Crippen LogP contribution in [-0.4, -0.2) is 45.0 Å². The summed E-state index contributed by atoms with van der Waals surface area (Å²) in [6.45, 7) is 1.51. The van der Waals surface area contributed by atoms with Crippen molar-refractivity contribution in [3.8, 4) is 0 Å². The maximum absolute atomic E-state index is 12.7. The van der Waals surface area contributed by atoms with E-state index in [1.54, 1.807) is 29.3 Å². The zero-order valence-corrected chi connectivity index (χ0v) is 13.0. The molecule has 1 unspecified atom stereocenters. The highest BCUT2D eigenvalue weighted by atomic mass is 35.5. The van der Waals surface area contributed by atoms with E-state index in [0.717, 1.165) is 5.69 Å². The van der Waals surface area contributed by atoms with Gasteiger partial charge in [0.15, 0.2) is 0 Å². The number of hydrogen-bond donors (Lipinski definition) is 0. The molecule has 3 heterocycles. The molecule has 1 aromatic carbocycles. The Bertz CT molecular complexity index is 748. The van der Waals surface area contributed by atoms with E-state index < -0.39 is 0 Å². The molecule has 114 valence electrons. The monoisotopic (exact) mass is 338 g/mol. The Morgan fingerprint density at radius 1 is 1.32 bits per heavy atom. The summed E-state index contributed by atoms with van der Waals surface area (Å²) < 4.78 is 7.66. The summed E-state index contributed by atoms with van der Waals surface area (Å²) in [5.74, 6) is -0.124. The van der Waals surface area contributed by atoms with Crippen LogP contribution in [0.1, 0.15) is 22.1 Å². The highest BCUT2D eigenvalue weighted by molar-refractivity contribution is 6.36. The van der Waals surface area contributed by atoms with E-state index in [2.05, 4.69) is 10.3 Å². The second kappa shape index (κ2) is 5.22. The molecule has 2 aromatic rings. The van der Waals surface area contributed by atoms with Crippen LogP contribution in [-0.2, 0) is 11.3 Å². The van der Waals surface area contributed by atoms with E-state index in [0.29, 0.717) is 35.3 Å². The van der Waals surface area contributed by atoms with Crippen molar-refractivity contribution in [2.75, 3.05) is 13.1 Å². The number of amides is 1. The maximum atomic E-state index is 12.7. The van der Waals surface area contributed by atoms with Gasteiger partial charge in [-0.1, -0.05) is 28.4 Å². The van der Waals surface area contributed by atoms with E-state index in [1.807, 2.05) is 4.68 Å². The molecule has 4 rings (SSSR count). The fraction of sp³-hybridized carbons (Fsp3) is 0.357. The van der Waals surface area contributed by atoms with Crippen molar-refractivity contribution in [1.82, 2.24) is 19.9 Å². The Balaban J connectivity index is 1.59.